The van der Waals surface area contributed by atoms with E-state index >= 15 is 0 Å². The van der Waals surface area contributed by atoms with E-state index in [1.54, 1.807) is 48.5 Å². The second-order valence-electron chi connectivity index (χ2n) is 4.51. The third-order valence-electron chi connectivity index (χ3n) is 3.23. The average Bonchev–Trinajstić information content (AvgIpc) is 2.98. The lowest BCUT2D eigenvalue weighted by molar-refractivity contribution is 0.0603. The van der Waals surface area contributed by atoms with Crippen LogP contribution in [0.15, 0.2) is 59.0 Å². The maximum absolute atomic E-state index is 12.4. The highest BCUT2D eigenvalue weighted by Crippen LogP contribution is 2.25. The summed E-state index contributed by atoms with van der Waals surface area (Å²) in [4.78, 5) is 24.1. The van der Waals surface area contributed by atoms with Gasteiger partial charge in [-0.2, -0.15) is 0 Å². The average molecular weight is 280 g/mol. The number of carbonyl (C=O) groups is 2. The van der Waals surface area contributed by atoms with E-state index < -0.39 is 5.97 Å². The third-order valence-corrected chi connectivity index (χ3v) is 3.23. The predicted octanol–water partition coefficient (Wildman–Crippen LogP) is 3.45. The summed E-state index contributed by atoms with van der Waals surface area (Å²) in [5, 5.41) is 0.573. The van der Waals surface area contributed by atoms with E-state index in [0.717, 1.165) is 0 Å². The summed E-state index contributed by atoms with van der Waals surface area (Å²) in [5.41, 5.74) is 1.40. The van der Waals surface area contributed by atoms with Gasteiger partial charge in [-0.25, -0.2) is 4.79 Å². The minimum Gasteiger partial charge on any atom is -0.465 e. The van der Waals surface area contributed by atoms with Crippen LogP contribution >= 0.6 is 0 Å². The second-order valence-corrected chi connectivity index (χ2v) is 4.51. The number of fused-ring (bicyclic) bond motifs is 1. The van der Waals surface area contributed by atoms with Gasteiger partial charge in [0.1, 0.15) is 5.58 Å². The minimum absolute atomic E-state index is 0.201. The quantitative estimate of drug-likeness (QED) is 0.544. The van der Waals surface area contributed by atoms with Crippen molar-refractivity contribution < 1.29 is 18.7 Å². The monoisotopic (exact) mass is 280 g/mol. The van der Waals surface area contributed by atoms with Crippen LogP contribution in [0.3, 0.4) is 0 Å². The van der Waals surface area contributed by atoms with E-state index in [4.69, 9.17) is 9.15 Å². The van der Waals surface area contributed by atoms with E-state index in [9.17, 15) is 9.59 Å². The van der Waals surface area contributed by atoms with Crippen molar-refractivity contribution >= 4 is 22.7 Å². The highest BCUT2D eigenvalue weighted by atomic mass is 16.5. The van der Waals surface area contributed by atoms with Gasteiger partial charge in [0.15, 0.2) is 5.76 Å². The lowest BCUT2D eigenvalue weighted by Crippen LogP contribution is -2.01. The standard InChI is InChI=1S/C17H12O4/c1-20-17(19)12-8-5-9-14-13(12)10-15(21-14)16(18)11-6-3-2-4-7-11/h2-10H,1H3. The number of ketones is 1. The SMILES string of the molecule is COC(=O)c1cccc2oc(C(=O)c3ccccc3)cc12. The number of furan rings is 1. The fraction of sp³-hybridized carbons (Fsp3) is 0.0588. The van der Waals surface area contributed by atoms with Crippen LogP contribution in [0.1, 0.15) is 26.5 Å². The van der Waals surface area contributed by atoms with E-state index in [1.165, 1.54) is 7.11 Å². The molecule has 0 unspecified atom stereocenters. The zero-order valence-corrected chi connectivity index (χ0v) is 11.3. The molecule has 0 fully saturated rings. The van der Waals surface area contributed by atoms with Crippen molar-refractivity contribution in [2.45, 2.75) is 0 Å². The van der Waals surface area contributed by atoms with Gasteiger partial charge in [0, 0.05) is 10.9 Å². The van der Waals surface area contributed by atoms with Gasteiger partial charge in [0.2, 0.25) is 5.78 Å². The Morgan fingerprint density at radius 1 is 1.00 bits per heavy atom. The fourth-order valence-corrected chi connectivity index (χ4v) is 2.19. The Balaban J connectivity index is 2.10. The molecule has 0 spiro atoms. The normalized spacial score (nSPS) is 10.5. The molecule has 3 rings (SSSR count). The second kappa shape index (κ2) is 5.25. The van der Waals surface area contributed by atoms with Crippen LogP contribution in [0.4, 0.5) is 0 Å². The largest absolute Gasteiger partial charge is 0.465 e. The molecule has 0 radical (unpaired) electrons. The number of ether oxygens (including phenoxy) is 1. The van der Waals surface area contributed by atoms with Crippen molar-refractivity contribution in [1.82, 2.24) is 0 Å². The predicted molar refractivity (Wildman–Crippen MR) is 77.4 cm³/mol. The van der Waals surface area contributed by atoms with Crippen LogP contribution in [-0.4, -0.2) is 18.9 Å². The summed E-state index contributed by atoms with van der Waals surface area (Å²) in [6.07, 6.45) is 0. The van der Waals surface area contributed by atoms with Crippen LogP contribution in [0.5, 0.6) is 0 Å². The fourth-order valence-electron chi connectivity index (χ4n) is 2.19. The smallest absolute Gasteiger partial charge is 0.338 e. The molecule has 0 atom stereocenters. The highest BCUT2D eigenvalue weighted by Gasteiger charge is 2.18. The molecule has 0 aliphatic rings. The first-order valence-corrected chi connectivity index (χ1v) is 6.41. The molecular formula is C17H12O4. The Morgan fingerprint density at radius 2 is 1.76 bits per heavy atom. The zero-order chi connectivity index (χ0) is 14.8. The van der Waals surface area contributed by atoms with Crippen molar-refractivity contribution in [3.05, 3.63) is 71.5 Å². The minimum atomic E-state index is -0.458. The molecular weight excluding hydrogens is 268 g/mol. The van der Waals surface area contributed by atoms with Gasteiger partial charge >= 0.3 is 5.97 Å². The molecule has 0 N–H and O–H groups in total. The lowest BCUT2D eigenvalue weighted by atomic mass is 10.1. The summed E-state index contributed by atoms with van der Waals surface area (Å²) in [6.45, 7) is 0. The summed E-state index contributed by atoms with van der Waals surface area (Å²) in [6, 6.07) is 15.5. The first-order valence-electron chi connectivity index (χ1n) is 6.41. The van der Waals surface area contributed by atoms with Crippen molar-refractivity contribution in [3.8, 4) is 0 Å². The molecule has 0 saturated heterocycles. The summed E-state index contributed by atoms with van der Waals surface area (Å²) in [7, 11) is 1.32. The van der Waals surface area contributed by atoms with Gasteiger partial charge in [-0.3, -0.25) is 4.79 Å². The van der Waals surface area contributed by atoms with E-state index in [0.29, 0.717) is 22.1 Å². The Kier molecular flexibility index (Phi) is 3.28. The number of hydrogen-bond donors (Lipinski definition) is 0. The van der Waals surface area contributed by atoms with E-state index in [-0.39, 0.29) is 11.5 Å². The maximum atomic E-state index is 12.4. The Bertz CT molecular complexity index is 815. The van der Waals surface area contributed by atoms with Crippen LogP contribution in [-0.2, 0) is 4.74 Å². The van der Waals surface area contributed by atoms with Gasteiger partial charge in [0.05, 0.1) is 12.7 Å². The van der Waals surface area contributed by atoms with Gasteiger partial charge in [0.25, 0.3) is 0 Å². The van der Waals surface area contributed by atoms with Gasteiger partial charge in [-0.1, -0.05) is 36.4 Å². The molecule has 0 saturated carbocycles. The third kappa shape index (κ3) is 2.31. The van der Waals surface area contributed by atoms with Gasteiger partial charge in [-0.15, -0.1) is 0 Å². The van der Waals surface area contributed by atoms with Gasteiger partial charge < -0.3 is 9.15 Å². The Labute approximate surface area is 120 Å². The summed E-state index contributed by atoms with van der Waals surface area (Å²) >= 11 is 0. The summed E-state index contributed by atoms with van der Waals surface area (Å²) < 4.78 is 10.3. The molecule has 1 heterocycles. The van der Waals surface area contributed by atoms with Crippen LogP contribution in [0, 0.1) is 0 Å². The number of rotatable bonds is 3. The number of hydrogen-bond acceptors (Lipinski definition) is 4. The number of esters is 1. The molecule has 21 heavy (non-hydrogen) atoms. The van der Waals surface area contributed by atoms with Crippen LogP contribution in [0.25, 0.3) is 11.0 Å². The highest BCUT2D eigenvalue weighted by molar-refractivity contribution is 6.11. The number of methoxy groups -OCH3 is 1. The Morgan fingerprint density at radius 3 is 2.48 bits per heavy atom. The van der Waals surface area contributed by atoms with E-state index in [1.807, 2.05) is 6.07 Å². The van der Waals surface area contributed by atoms with Crippen molar-refractivity contribution in [2.24, 2.45) is 0 Å². The Hall–Kier alpha value is -2.88. The molecule has 0 aliphatic carbocycles. The number of benzene rings is 2. The summed E-state index contributed by atoms with van der Waals surface area (Å²) in [5.74, 6) is -0.477. The van der Waals surface area contributed by atoms with Gasteiger partial charge in [-0.05, 0) is 18.2 Å². The molecule has 4 heteroatoms. The molecule has 3 aromatic rings. The zero-order valence-electron chi connectivity index (χ0n) is 11.3. The molecule has 0 amide bonds. The molecule has 0 aliphatic heterocycles. The molecule has 104 valence electrons. The lowest BCUT2D eigenvalue weighted by Gasteiger charge is -1.98. The molecule has 0 bridgehead atoms. The first kappa shape index (κ1) is 13.1. The first-order chi connectivity index (χ1) is 10.2. The van der Waals surface area contributed by atoms with Crippen molar-refractivity contribution in [3.63, 3.8) is 0 Å². The van der Waals surface area contributed by atoms with Crippen LogP contribution in [0.2, 0.25) is 0 Å². The molecule has 1 aromatic heterocycles. The maximum Gasteiger partial charge on any atom is 0.338 e. The van der Waals surface area contributed by atoms with Crippen molar-refractivity contribution in [2.75, 3.05) is 7.11 Å². The topological polar surface area (TPSA) is 56.5 Å². The molecule has 4 nitrogen and oxygen atoms in total. The van der Waals surface area contributed by atoms with E-state index in [2.05, 4.69) is 0 Å². The van der Waals surface area contributed by atoms with Crippen LogP contribution < -0.4 is 0 Å². The number of carbonyl (C=O) groups excluding carboxylic acids is 2. The molecule has 2 aromatic carbocycles. The van der Waals surface area contributed by atoms with Crippen molar-refractivity contribution in [1.29, 1.82) is 0 Å².